The van der Waals surface area contributed by atoms with Crippen LogP contribution in [0.4, 0.5) is 0 Å². The van der Waals surface area contributed by atoms with Crippen molar-refractivity contribution in [1.82, 2.24) is 5.43 Å². The van der Waals surface area contributed by atoms with Gasteiger partial charge in [0.25, 0.3) is 0 Å². The van der Waals surface area contributed by atoms with Crippen LogP contribution in [-0.4, -0.2) is 6.04 Å². The van der Waals surface area contributed by atoms with Crippen LogP contribution in [0, 0.1) is 0 Å². The molecule has 0 bridgehead atoms. The Hall–Kier alpha value is -0.390. The van der Waals surface area contributed by atoms with Crippen molar-refractivity contribution in [3.8, 4) is 0 Å². The molecule has 0 spiro atoms. The van der Waals surface area contributed by atoms with Gasteiger partial charge in [0.2, 0.25) is 0 Å². The van der Waals surface area contributed by atoms with Gasteiger partial charge in [-0.3, -0.25) is 11.3 Å². The molecule has 3 N–H and O–H groups in total. The van der Waals surface area contributed by atoms with Crippen LogP contribution in [0.2, 0.25) is 4.34 Å². The van der Waals surface area contributed by atoms with Crippen molar-refractivity contribution in [2.75, 3.05) is 0 Å². The first kappa shape index (κ1) is 14.0. The molecule has 1 atom stereocenters. The maximum absolute atomic E-state index is 5.93. The molecule has 2 aromatic rings. The number of rotatable bonds is 5. The van der Waals surface area contributed by atoms with Crippen molar-refractivity contribution < 1.29 is 0 Å². The molecule has 0 saturated carbocycles. The van der Waals surface area contributed by atoms with Crippen LogP contribution in [0.3, 0.4) is 0 Å². The molecule has 1 aromatic heterocycles. The Morgan fingerprint density at radius 1 is 1.17 bits per heavy atom. The zero-order valence-electron chi connectivity index (χ0n) is 9.70. The number of nitrogens with one attached hydrogen (secondary N) is 1. The molecule has 0 aliphatic rings. The third-order valence-corrected chi connectivity index (χ3v) is 4.49. The zero-order chi connectivity index (χ0) is 13.0. The fourth-order valence-electron chi connectivity index (χ4n) is 1.80. The summed E-state index contributed by atoms with van der Waals surface area (Å²) >= 11 is 11.0. The maximum atomic E-state index is 5.93. The van der Waals surface area contributed by atoms with Gasteiger partial charge in [-0.2, -0.15) is 0 Å². The predicted molar refractivity (Wildman–Crippen MR) is 82.0 cm³/mol. The number of nitrogens with two attached hydrogens (primary N) is 1. The minimum absolute atomic E-state index is 0.223. The Morgan fingerprint density at radius 3 is 2.44 bits per heavy atom. The summed E-state index contributed by atoms with van der Waals surface area (Å²) in [5, 5.41) is 0. The predicted octanol–water partition coefficient (Wildman–Crippen LogP) is 3.78. The monoisotopic (exact) mass is 344 g/mol. The van der Waals surface area contributed by atoms with Gasteiger partial charge in [0, 0.05) is 15.4 Å². The average molecular weight is 346 g/mol. The van der Waals surface area contributed by atoms with Crippen LogP contribution < -0.4 is 11.3 Å². The lowest BCUT2D eigenvalue weighted by Gasteiger charge is -2.15. The third kappa shape index (κ3) is 4.07. The molecule has 1 heterocycles. The Morgan fingerprint density at radius 2 is 1.89 bits per heavy atom. The Balaban J connectivity index is 1.99. The van der Waals surface area contributed by atoms with Crippen molar-refractivity contribution in [2.24, 2.45) is 5.84 Å². The van der Waals surface area contributed by atoms with Crippen LogP contribution in [-0.2, 0) is 12.8 Å². The Labute approximate surface area is 124 Å². The van der Waals surface area contributed by atoms with E-state index in [2.05, 4.69) is 39.6 Å². The zero-order valence-corrected chi connectivity index (χ0v) is 12.9. The summed E-state index contributed by atoms with van der Waals surface area (Å²) in [7, 11) is 0. The molecular weight excluding hydrogens is 332 g/mol. The van der Waals surface area contributed by atoms with Crippen molar-refractivity contribution >= 4 is 38.9 Å². The van der Waals surface area contributed by atoms with E-state index in [1.54, 1.807) is 11.3 Å². The van der Waals surface area contributed by atoms with Gasteiger partial charge >= 0.3 is 0 Å². The highest BCUT2D eigenvalue weighted by atomic mass is 79.9. The average Bonchev–Trinajstić information content (AvgIpc) is 2.77. The second-order valence-corrected chi connectivity index (χ2v) is 6.82. The molecule has 5 heteroatoms. The number of hydrogen-bond donors (Lipinski definition) is 2. The first-order valence-corrected chi connectivity index (χ1v) is 7.61. The molecule has 0 radical (unpaired) electrons. The van der Waals surface area contributed by atoms with Gasteiger partial charge in [-0.25, -0.2) is 0 Å². The van der Waals surface area contributed by atoms with E-state index in [0.717, 1.165) is 21.7 Å². The molecule has 0 fully saturated rings. The van der Waals surface area contributed by atoms with Gasteiger partial charge in [-0.05, 0) is 42.7 Å². The molecular formula is C13H14BrClN2S. The number of hydrazine groups is 1. The number of thiophene rings is 1. The van der Waals surface area contributed by atoms with Gasteiger partial charge in [0.05, 0.1) is 4.34 Å². The Bertz CT molecular complexity index is 498. The van der Waals surface area contributed by atoms with E-state index >= 15 is 0 Å². The van der Waals surface area contributed by atoms with E-state index in [4.69, 9.17) is 17.4 Å². The van der Waals surface area contributed by atoms with E-state index in [9.17, 15) is 0 Å². The molecule has 0 saturated heterocycles. The summed E-state index contributed by atoms with van der Waals surface area (Å²) in [5.41, 5.74) is 4.14. The van der Waals surface area contributed by atoms with Crippen LogP contribution in [0.1, 0.15) is 10.4 Å². The molecule has 0 aliphatic carbocycles. The van der Waals surface area contributed by atoms with E-state index in [1.807, 2.05) is 18.2 Å². The van der Waals surface area contributed by atoms with Gasteiger partial charge in [0.1, 0.15) is 0 Å². The lowest BCUT2D eigenvalue weighted by molar-refractivity contribution is 0.525. The largest absolute Gasteiger partial charge is 0.271 e. The molecule has 0 amide bonds. The minimum Gasteiger partial charge on any atom is -0.271 e. The molecule has 1 aromatic carbocycles. The van der Waals surface area contributed by atoms with Gasteiger partial charge < -0.3 is 0 Å². The molecule has 2 nitrogen and oxygen atoms in total. The molecule has 1 unspecified atom stereocenters. The number of benzene rings is 1. The SMILES string of the molecule is NNC(Cc1ccc(Br)cc1)Cc1ccc(Cl)s1. The first-order chi connectivity index (χ1) is 8.67. The highest BCUT2D eigenvalue weighted by molar-refractivity contribution is 9.10. The van der Waals surface area contributed by atoms with Crippen LogP contribution in [0.5, 0.6) is 0 Å². The topological polar surface area (TPSA) is 38.0 Å². The number of hydrogen-bond acceptors (Lipinski definition) is 3. The highest BCUT2D eigenvalue weighted by Gasteiger charge is 2.10. The summed E-state index contributed by atoms with van der Waals surface area (Å²) in [6.45, 7) is 0. The maximum Gasteiger partial charge on any atom is 0.0931 e. The quantitative estimate of drug-likeness (QED) is 0.639. The smallest absolute Gasteiger partial charge is 0.0931 e. The molecule has 2 rings (SSSR count). The van der Waals surface area contributed by atoms with Crippen molar-refractivity contribution in [3.63, 3.8) is 0 Å². The summed E-state index contributed by atoms with van der Waals surface area (Å²) in [6.07, 6.45) is 1.79. The molecule has 96 valence electrons. The van der Waals surface area contributed by atoms with Crippen molar-refractivity contribution in [3.05, 3.63) is 55.6 Å². The van der Waals surface area contributed by atoms with E-state index in [-0.39, 0.29) is 6.04 Å². The lowest BCUT2D eigenvalue weighted by Crippen LogP contribution is -2.38. The number of halogens is 2. The lowest BCUT2D eigenvalue weighted by atomic mass is 10.0. The molecule has 18 heavy (non-hydrogen) atoms. The minimum atomic E-state index is 0.223. The summed E-state index contributed by atoms with van der Waals surface area (Å²) in [5.74, 6) is 5.62. The van der Waals surface area contributed by atoms with Crippen molar-refractivity contribution in [2.45, 2.75) is 18.9 Å². The summed E-state index contributed by atoms with van der Waals surface area (Å²) in [4.78, 5) is 1.25. The Kier molecular flexibility index (Phi) is 5.21. The summed E-state index contributed by atoms with van der Waals surface area (Å²) < 4.78 is 1.91. The van der Waals surface area contributed by atoms with Gasteiger partial charge in [-0.15, -0.1) is 11.3 Å². The van der Waals surface area contributed by atoms with Crippen LogP contribution in [0.25, 0.3) is 0 Å². The van der Waals surface area contributed by atoms with Gasteiger partial charge in [-0.1, -0.05) is 39.7 Å². The van der Waals surface area contributed by atoms with Gasteiger partial charge in [0.15, 0.2) is 0 Å². The summed E-state index contributed by atoms with van der Waals surface area (Å²) in [6, 6.07) is 12.5. The first-order valence-electron chi connectivity index (χ1n) is 5.62. The fraction of sp³-hybridized carbons (Fsp3) is 0.231. The molecule has 0 aliphatic heterocycles. The standard InChI is InChI=1S/C13H14BrClN2S/c14-10-3-1-9(2-4-10)7-11(17-16)8-12-5-6-13(15)18-12/h1-6,11,17H,7-8,16H2. The second-order valence-electron chi connectivity index (χ2n) is 4.10. The normalized spacial score (nSPS) is 12.6. The van der Waals surface area contributed by atoms with Crippen LogP contribution >= 0.6 is 38.9 Å². The highest BCUT2D eigenvalue weighted by Crippen LogP contribution is 2.23. The van der Waals surface area contributed by atoms with Crippen LogP contribution in [0.15, 0.2) is 40.9 Å². The van der Waals surface area contributed by atoms with E-state index in [1.165, 1.54) is 10.4 Å². The van der Waals surface area contributed by atoms with E-state index in [0.29, 0.717) is 0 Å². The fourth-order valence-corrected chi connectivity index (χ4v) is 3.23. The van der Waals surface area contributed by atoms with E-state index < -0.39 is 0 Å². The second kappa shape index (κ2) is 6.68. The third-order valence-electron chi connectivity index (χ3n) is 2.71. The van der Waals surface area contributed by atoms with Crippen molar-refractivity contribution in [1.29, 1.82) is 0 Å².